The molecule has 0 radical (unpaired) electrons. The molecule has 2 amide bonds. The highest BCUT2D eigenvalue weighted by atomic mass is 32.1. The van der Waals surface area contributed by atoms with Crippen LogP contribution in [0, 0.1) is 0 Å². The summed E-state index contributed by atoms with van der Waals surface area (Å²) in [5.41, 5.74) is 1.10. The molecule has 2 rings (SSSR count). The van der Waals surface area contributed by atoms with Gasteiger partial charge in [0.1, 0.15) is 0 Å². The van der Waals surface area contributed by atoms with Gasteiger partial charge in [0.05, 0.1) is 19.3 Å². The van der Waals surface area contributed by atoms with E-state index < -0.39 is 11.9 Å². The fraction of sp³-hybridized carbons (Fsp3) is 0.222. The van der Waals surface area contributed by atoms with Gasteiger partial charge in [-0.25, -0.2) is 0 Å². The van der Waals surface area contributed by atoms with Crippen LogP contribution in [0.4, 0.5) is 11.4 Å². The Bertz CT molecular complexity index is 820. The molecule has 0 aliphatic heterocycles. The summed E-state index contributed by atoms with van der Waals surface area (Å²) in [6.07, 6.45) is 1.37. The molecule has 0 fully saturated rings. The van der Waals surface area contributed by atoms with E-state index in [4.69, 9.17) is 21.4 Å². The predicted octanol–water partition coefficient (Wildman–Crippen LogP) is 2.69. The lowest BCUT2D eigenvalue weighted by atomic mass is 10.2. The van der Waals surface area contributed by atoms with E-state index in [2.05, 4.69) is 16.0 Å². The quantitative estimate of drug-likeness (QED) is 0.493. The van der Waals surface area contributed by atoms with Crippen molar-refractivity contribution in [3.63, 3.8) is 0 Å². The Balaban J connectivity index is 1.84. The average molecular weight is 389 g/mol. The summed E-state index contributed by atoms with van der Waals surface area (Å²) in [7, 11) is 0. The molecule has 0 atom stereocenters. The maximum atomic E-state index is 12.0. The van der Waals surface area contributed by atoms with Crippen LogP contribution in [0.25, 0.3) is 0 Å². The van der Waals surface area contributed by atoms with Crippen LogP contribution in [0.3, 0.4) is 0 Å². The number of hydrogen-bond acceptors (Lipinski definition) is 6. The third-order valence-corrected chi connectivity index (χ3v) is 3.44. The molecule has 0 aliphatic carbocycles. The molecule has 8 nitrogen and oxygen atoms in total. The van der Waals surface area contributed by atoms with E-state index >= 15 is 0 Å². The molecule has 1 aromatic carbocycles. The number of amides is 2. The van der Waals surface area contributed by atoms with Gasteiger partial charge < -0.3 is 25.1 Å². The minimum Gasteiger partial charge on any atom is -0.466 e. The molecule has 142 valence electrons. The van der Waals surface area contributed by atoms with Gasteiger partial charge in [-0.1, -0.05) is 6.07 Å². The minimum atomic E-state index is -0.438. The maximum absolute atomic E-state index is 12.0. The second-order valence-electron chi connectivity index (χ2n) is 5.32. The standard InChI is InChI=1S/C18H19N3O5S/c1-2-25-16(23)9-8-15(22)21-18(27)20-13-6-3-5-12(11-13)19-17(24)14-7-4-10-26-14/h3-7,10-11H,2,8-9H2,1H3,(H,19,24)(H2,20,21,22,27). The van der Waals surface area contributed by atoms with Crippen molar-refractivity contribution in [1.82, 2.24) is 5.32 Å². The monoisotopic (exact) mass is 389 g/mol. The first kappa shape index (κ1) is 20.1. The van der Waals surface area contributed by atoms with Crippen molar-refractivity contribution in [2.24, 2.45) is 0 Å². The fourth-order valence-electron chi connectivity index (χ4n) is 2.08. The lowest BCUT2D eigenvalue weighted by Crippen LogP contribution is -2.34. The lowest BCUT2D eigenvalue weighted by molar-refractivity contribution is -0.144. The molecule has 1 aromatic heterocycles. The van der Waals surface area contributed by atoms with Gasteiger partial charge in [0, 0.05) is 17.8 Å². The predicted molar refractivity (Wildman–Crippen MR) is 103 cm³/mol. The lowest BCUT2D eigenvalue weighted by Gasteiger charge is -2.11. The number of benzene rings is 1. The van der Waals surface area contributed by atoms with Gasteiger partial charge in [-0.05, 0) is 49.5 Å². The normalized spacial score (nSPS) is 9.96. The summed E-state index contributed by atoms with van der Waals surface area (Å²) in [5, 5.41) is 8.09. The molecule has 9 heteroatoms. The smallest absolute Gasteiger partial charge is 0.306 e. The van der Waals surface area contributed by atoms with Crippen molar-refractivity contribution in [2.75, 3.05) is 17.2 Å². The number of rotatable bonds is 7. The van der Waals surface area contributed by atoms with E-state index in [1.807, 2.05) is 0 Å². The van der Waals surface area contributed by atoms with Crippen LogP contribution in [-0.4, -0.2) is 29.5 Å². The minimum absolute atomic E-state index is 0.0173. The molecule has 2 aromatic rings. The van der Waals surface area contributed by atoms with Crippen LogP contribution in [0.5, 0.6) is 0 Å². The van der Waals surface area contributed by atoms with E-state index in [-0.39, 0.29) is 36.2 Å². The summed E-state index contributed by atoms with van der Waals surface area (Å²) in [4.78, 5) is 35.0. The summed E-state index contributed by atoms with van der Waals surface area (Å²) < 4.78 is 9.79. The Kier molecular flexibility index (Phi) is 7.50. The summed E-state index contributed by atoms with van der Waals surface area (Å²) >= 11 is 5.08. The fourth-order valence-corrected chi connectivity index (χ4v) is 2.31. The number of nitrogens with one attached hydrogen (secondary N) is 3. The molecule has 1 heterocycles. The van der Waals surface area contributed by atoms with Crippen LogP contribution in [0.15, 0.2) is 47.1 Å². The number of esters is 1. The van der Waals surface area contributed by atoms with Crippen molar-refractivity contribution in [3.05, 3.63) is 48.4 Å². The average Bonchev–Trinajstić information content (AvgIpc) is 3.15. The highest BCUT2D eigenvalue weighted by Crippen LogP contribution is 2.16. The molecular formula is C18H19N3O5S. The number of hydrogen-bond donors (Lipinski definition) is 3. The molecule has 0 spiro atoms. The van der Waals surface area contributed by atoms with Crippen molar-refractivity contribution in [3.8, 4) is 0 Å². The van der Waals surface area contributed by atoms with Crippen LogP contribution < -0.4 is 16.0 Å². The van der Waals surface area contributed by atoms with Gasteiger partial charge in [0.15, 0.2) is 10.9 Å². The highest BCUT2D eigenvalue weighted by molar-refractivity contribution is 7.80. The molecule has 0 saturated carbocycles. The highest BCUT2D eigenvalue weighted by Gasteiger charge is 2.11. The first-order chi connectivity index (χ1) is 13.0. The maximum Gasteiger partial charge on any atom is 0.306 e. The molecule has 3 N–H and O–H groups in total. The van der Waals surface area contributed by atoms with Crippen LogP contribution in [-0.2, 0) is 14.3 Å². The zero-order chi connectivity index (χ0) is 19.6. The molecule has 0 bridgehead atoms. The summed E-state index contributed by atoms with van der Waals surface area (Å²) in [5.74, 6) is -1.03. The number of carbonyl (C=O) groups is 3. The van der Waals surface area contributed by atoms with Crippen LogP contribution in [0.2, 0.25) is 0 Å². The molecule has 0 unspecified atom stereocenters. The Morgan fingerprint density at radius 3 is 2.48 bits per heavy atom. The number of furan rings is 1. The number of carbonyl (C=O) groups excluding carboxylic acids is 3. The van der Waals surface area contributed by atoms with Gasteiger partial charge in [0.2, 0.25) is 5.91 Å². The van der Waals surface area contributed by atoms with Crippen molar-refractivity contribution < 1.29 is 23.5 Å². The number of anilines is 2. The zero-order valence-electron chi connectivity index (χ0n) is 14.6. The van der Waals surface area contributed by atoms with Crippen LogP contribution >= 0.6 is 12.2 Å². The van der Waals surface area contributed by atoms with Gasteiger partial charge >= 0.3 is 5.97 Å². The Morgan fingerprint density at radius 1 is 1.07 bits per heavy atom. The van der Waals surface area contributed by atoms with E-state index in [0.29, 0.717) is 11.4 Å². The topological polar surface area (TPSA) is 110 Å². The molecular weight excluding hydrogens is 370 g/mol. The third-order valence-electron chi connectivity index (χ3n) is 3.24. The SMILES string of the molecule is CCOC(=O)CCC(=O)NC(=S)Nc1cccc(NC(=O)c2ccco2)c1. The second kappa shape index (κ2) is 10.1. The van der Waals surface area contributed by atoms with Gasteiger partial charge in [-0.3, -0.25) is 14.4 Å². The van der Waals surface area contributed by atoms with E-state index in [9.17, 15) is 14.4 Å². The Hall–Kier alpha value is -3.20. The Morgan fingerprint density at radius 2 is 1.81 bits per heavy atom. The number of ether oxygens (including phenoxy) is 1. The second-order valence-corrected chi connectivity index (χ2v) is 5.73. The summed E-state index contributed by atoms with van der Waals surface area (Å²) in [6, 6.07) is 9.96. The summed E-state index contributed by atoms with van der Waals surface area (Å²) in [6.45, 7) is 1.97. The van der Waals surface area contributed by atoms with E-state index in [1.165, 1.54) is 6.26 Å². The molecule has 0 saturated heterocycles. The van der Waals surface area contributed by atoms with Gasteiger partial charge in [0.25, 0.3) is 5.91 Å². The first-order valence-electron chi connectivity index (χ1n) is 8.19. The van der Waals surface area contributed by atoms with Gasteiger partial charge in [-0.2, -0.15) is 0 Å². The molecule has 27 heavy (non-hydrogen) atoms. The number of thiocarbonyl (C=S) groups is 1. The van der Waals surface area contributed by atoms with Crippen LogP contribution in [0.1, 0.15) is 30.3 Å². The van der Waals surface area contributed by atoms with Gasteiger partial charge in [-0.15, -0.1) is 0 Å². The largest absolute Gasteiger partial charge is 0.466 e. The van der Waals surface area contributed by atoms with E-state index in [0.717, 1.165) is 0 Å². The first-order valence-corrected chi connectivity index (χ1v) is 8.60. The van der Waals surface area contributed by atoms with Crippen molar-refractivity contribution in [1.29, 1.82) is 0 Å². The third kappa shape index (κ3) is 6.90. The van der Waals surface area contributed by atoms with Crippen molar-refractivity contribution >= 4 is 46.5 Å². The van der Waals surface area contributed by atoms with E-state index in [1.54, 1.807) is 43.3 Å². The Labute approximate surface area is 161 Å². The zero-order valence-corrected chi connectivity index (χ0v) is 15.4. The molecule has 0 aliphatic rings. The van der Waals surface area contributed by atoms with Crippen molar-refractivity contribution in [2.45, 2.75) is 19.8 Å².